The fraction of sp³-hybridized carbons (Fsp3) is 0.300. The Morgan fingerprint density at radius 2 is 1.67 bits per heavy atom. The Kier molecular flexibility index (Phi) is 5.61. The van der Waals surface area contributed by atoms with Crippen molar-refractivity contribution < 1.29 is 14.2 Å². The van der Waals surface area contributed by atoms with Gasteiger partial charge in [-0.1, -0.05) is 26.8 Å². The van der Waals surface area contributed by atoms with E-state index in [0.29, 0.717) is 35.7 Å². The summed E-state index contributed by atoms with van der Waals surface area (Å²) in [6.45, 7) is 6.55. The Hall–Kier alpha value is -3.06. The van der Waals surface area contributed by atoms with Gasteiger partial charge >= 0.3 is 0 Å². The molecule has 7 heteroatoms. The van der Waals surface area contributed by atoms with Gasteiger partial charge < -0.3 is 14.2 Å². The molecule has 0 N–H and O–H groups in total. The summed E-state index contributed by atoms with van der Waals surface area (Å²) in [6, 6.07) is 9.03. The first-order valence-corrected chi connectivity index (χ1v) is 8.53. The molecule has 0 spiro atoms. The zero-order valence-corrected chi connectivity index (χ0v) is 15.8. The molecule has 0 saturated carbocycles. The minimum absolute atomic E-state index is 0.210. The van der Waals surface area contributed by atoms with Crippen molar-refractivity contribution in [3.8, 4) is 23.3 Å². The first-order chi connectivity index (χ1) is 12.9. The van der Waals surface area contributed by atoms with Gasteiger partial charge in [-0.25, -0.2) is 9.97 Å². The summed E-state index contributed by atoms with van der Waals surface area (Å²) in [5, 5.41) is 0. The van der Waals surface area contributed by atoms with E-state index in [4.69, 9.17) is 14.2 Å². The number of aromatic nitrogens is 4. The Morgan fingerprint density at radius 3 is 2.30 bits per heavy atom. The number of rotatable bonds is 6. The molecule has 0 atom stereocenters. The molecule has 3 rings (SSSR count). The molecular formula is C20H22N4O3. The largest absolute Gasteiger partial charge is 0.439 e. The highest BCUT2D eigenvalue weighted by Gasteiger charge is 2.20. The molecule has 2 heterocycles. The van der Waals surface area contributed by atoms with Gasteiger partial charge in [-0.3, -0.25) is 4.98 Å². The molecule has 1 aromatic carbocycles. The summed E-state index contributed by atoms with van der Waals surface area (Å²) in [6.07, 6.45) is 4.71. The van der Waals surface area contributed by atoms with Crippen LogP contribution in [0.3, 0.4) is 0 Å². The minimum Gasteiger partial charge on any atom is -0.439 e. The van der Waals surface area contributed by atoms with Crippen LogP contribution in [-0.2, 0) is 16.8 Å². The van der Waals surface area contributed by atoms with Crippen LogP contribution >= 0.6 is 0 Å². The van der Waals surface area contributed by atoms with E-state index in [0.717, 1.165) is 5.69 Å². The minimum atomic E-state index is -0.210. The van der Waals surface area contributed by atoms with Crippen LogP contribution in [0.1, 0.15) is 32.3 Å². The first kappa shape index (κ1) is 18.7. The molecule has 0 aliphatic carbocycles. The van der Waals surface area contributed by atoms with Crippen molar-refractivity contribution in [2.45, 2.75) is 32.8 Å². The Labute approximate surface area is 158 Å². The second-order valence-corrected chi connectivity index (χ2v) is 6.93. The molecule has 0 aliphatic heterocycles. The van der Waals surface area contributed by atoms with Crippen molar-refractivity contribution in [1.82, 2.24) is 19.9 Å². The predicted molar refractivity (Wildman–Crippen MR) is 100 cm³/mol. The lowest BCUT2D eigenvalue weighted by atomic mass is 9.95. The summed E-state index contributed by atoms with van der Waals surface area (Å²) in [4.78, 5) is 17.2. The van der Waals surface area contributed by atoms with Crippen molar-refractivity contribution in [2.75, 3.05) is 7.11 Å². The van der Waals surface area contributed by atoms with Crippen LogP contribution in [0.5, 0.6) is 23.3 Å². The van der Waals surface area contributed by atoms with Gasteiger partial charge in [0.2, 0.25) is 11.8 Å². The highest BCUT2D eigenvalue weighted by molar-refractivity contribution is 5.37. The third-order valence-electron chi connectivity index (χ3n) is 3.51. The van der Waals surface area contributed by atoms with E-state index in [1.165, 1.54) is 0 Å². The molecular weight excluding hydrogens is 344 g/mol. The molecule has 2 aromatic heterocycles. The number of hydrogen-bond donors (Lipinski definition) is 0. The summed E-state index contributed by atoms with van der Waals surface area (Å²) >= 11 is 0. The van der Waals surface area contributed by atoms with Crippen molar-refractivity contribution in [1.29, 1.82) is 0 Å². The zero-order valence-electron chi connectivity index (χ0n) is 15.8. The first-order valence-electron chi connectivity index (χ1n) is 8.53. The number of nitrogens with zero attached hydrogens (tertiary/aromatic N) is 4. The third kappa shape index (κ3) is 5.21. The second-order valence-electron chi connectivity index (χ2n) is 6.93. The maximum Gasteiger partial charge on any atom is 0.237 e. The van der Waals surface area contributed by atoms with Gasteiger partial charge in [0.05, 0.1) is 18.5 Å². The van der Waals surface area contributed by atoms with Crippen LogP contribution < -0.4 is 9.47 Å². The fourth-order valence-corrected chi connectivity index (χ4v) is 2.26. The lowest BCUT2D eigenvalue weighted by Crippen LogP contribution is -2.17. The van der Waals surface area contributed by atoms with Gasteiger partial charge in [0.1, 0.15) is 17.3 Å². The summed E-state index contributed by atoms with van der Waals surface area (Å²) in [5.41, 5.74) is 0.554. The summed E-state index contributed by atoms with van der Waals surface area (Å²) in [7, 11) is 1.63. The van der Waals surface area contributed by atoms with E-state index in [1.807, 2.05) is 18.2 Å². The van der Waals surface area contributed by atoms with Gasteiger partial charge in [-0.15, -0.1) is 0 Å². The van der Waals surface area contributed by atoms with E-state index in [9.17, 15) is 0 Å². The molecule has 0 fully saturated rings. The molecule has 0 radical (unpaired) electrons. The van der Waals surface area contributed by atoms with Gasteiger partial charge in [0, 0.05) is 37.1 Å². The molecule has 0 aliphatic rings. The maximum absolute atomic E-state index is 5.96. The van der Waals surface area contributed by atoms with Crippen LogP contribution in [0.25, 0.3) is 0 Å². The Balaban J connectivity index is 1.84. The van der Waals surface area contributed by atoms with Crippen LogP contribution in [0.4, 0.5) is 0 Å². The van der Waals surface area contributed by atoms with E-state index < -0.39 is 0 Å². The van der Waals surface area contributed by atoms with Crippen molar-refractivity contribution in [3.63, 3.8) is 0 Å². The lowest BCUT2D eigenvalue weighted by molar-refractivity contribution is 0.180. The topological polar surface area (TPSA) is 79.2 Å². The average Bonchev–Trinajstić information content (AvgIpc) is 2.62. The lowest BCUT2D eigenvalue weighted by Gasteiger charge is -2.18. The number of hydrogen-bond acceptors (Lipinski definition) is 7. The maximum atomic E-state index is 5.96. The highest BCUT2D eigenvalue weighted by Crippen LogP contribution is 2.28. The summed E-state index contributed by atoms with van der Waals surface area (Å²) in [5.74, 6) is 2.75. The van der Waals surface area contributed by atoms with E-state index in [2.05, 4.69) is 40.7 Å². The van der Waals surface area contributed by atoms with Crippen LogP contribution in [0.15, 0.2) is 48.9 Å². The van der Waals surface area contributed by atoms with Gasteiger partial charge in [-0.05, 0) is 12.1 Å². The molecule has 0 saturated heterocycles. The number of benzene rings is 1. The van der Waals surface area contributed by atoms with Gasteiger partial charge in [0.15, 0.2) is 0 Å². The normalized spacial score (nSPS) is 11.3. The smallest absolute Gasteiger partial charge is 0.237 e. The Bertz CT molecular complexity index is 895. The van der Waals surface area contributed by atoms with Crippen molar-refractivity contribution >= 4 is 0 Å². The average molecular weight is 366 g/mol. The van der Waals surface area contributed by atoms with Crippen molar-refractivity contribution in [3.05, 3.63) is 60.4 Å². The second kappa shape index (κ2) is 8.09. The van der Waals surface area contributed by atoms with Gasteiger partial charge in [-0.2, -0.15) is 4.98 Å². The molecule has 0 unspecified atom stereocenters. The fourth-order valence-electron chi connectivity index (χ4n) is 2.26. The van der Waals surface area contributed by atoms with Crippen molar-refractivity contribution in [2.24, 2.45) is 0 Å². The van der Waals surface area contributed by atoms with E-state index in [1.54, 1.807) is 37.8 Å². The van der Waals surface area contributed by atoms with E-state index in [-0.39, 0.29) is 5.41 Å². The van der Waals surface area contributed by atoms with Crippen LogP contribution in [0, 0.1) is 0 Å². The molecule has 27 heavy (non-hydrogen) atoms. The third-order valence-corrected chi connectivity index (χ3v) is 3.51. The predicted octanol–water partition coefficient (Wildman–Crippen LogP) is 4.30. The quantitative estimate of drug-likeness (QED) is 0.643. The van der Waals surface area contributed by atoms with Crippen LogP contribution in [-0.4, -0.2) is 27.0 Å². The standard InChI is InChI=1S/C20H22N4O3/c1-20(2,3)19-23-14(13-25-4)10-17(24-19)26-15-6-5-7-16(11-15)27-18-12-21-8-9-22-18/h5-12H,13H2,1-4H3. The SMILES string of the molecule is COCc1cc(Oc2cccc(Oc3cnccn3)c2)nc(C(C)(C)C)n1. The molecule has 7 nitrogen and oxygen atoms in total. The molecule has 140 valence electrons. The Morgan fingerprint density at radius 1 is 0.926 bits per heavy atom. The van der Waals surface area contributed by atoms with Gasteiger partial charge in [0.25, 0.3) is 0 Å². The monoisotopic (exact) mass is 366 g/mol. The zero-order chi connectivity index (χ0) is 19.3. The van der Waals surface area contributed by atoms with E-state index >= 15 is 0 Å². The number of methoxy groups -OCH3 is 1. The molecule has 3 aromatic rings. The highest BCUT2D eigenvalue weighted by atomic mass is 16.5. The molecule has 0 amide bonds. The number of ether oxygens (including phenoxy) is 3. The van der Waals surface area contributed by atoms with Crippen LogP contribution in [0.2, 0.25) is 0 Å². The molecule has 0 bridgehead atoms. The summed E-state index contributed by atoms with van der Waals surface area (Å²) < 4.78 is 16.9.